The van der Waals surface area contributed by atoms with Gasteiger partial charge in [-0.1, -0.05) is 36.4 Å². The van der Waals surface area contributed by atoms with E-state index >= 15 is 0 Å². The molecule has 1 aromatic heterocycles. The van der Waals surface area contributed by atoms with Gasteiger partial charge in [0.2, 0.25) is 5.88 Å². The molecule has 1 aliphatic rings. The lowest BCUT2D eigenvalue weighted by molar-refractivity contribution is -0.0774. The first kappa shape index (κ1) is 20.8. The zero-order valence-corrected chi connectivity index (χ0v) is 17.1. The van der Waals surface area contributed by atoms with Crippen molar-refractivity contribution in [1.82, 2.24) is 9.88 Å². The van der Waals surface area contributed by atoms with E-state index < -0.39 is 18.0 Å². The summed E-state index contributed by atoms with van der Waals surface area (Å²) in [7, 11) is 1.39. The second-order valence-corrected chi connectivity index (χ2v) is 7.09. The Morgan fingerprint density at radius 1 is 1.16 bits per heavy atom. The fraction of sp³-hybridized carbons (Fsp3) is 0.250. The molecule has 2 aromatic carbocycles. The molecule has 1 amide bonds. The number of amides is 1. The second-order valence-electron chi connectivity index (χ2n) is 7.09. The maximum absolute atomic E-state index is 14.2. The van der Waals surface area contributed by atoms with Crippen LogP contribution in [0.25, 0.3) is 0 Å². The highest BCUT2D eigenvalue weighted by Crippen LogP contribution is 2.32. The van der Waals surface area contributed by atoms with Gasteiger partial charge in [0.05, 0.1) is 19.8 Å². The summed E-state index contributed by atoms with van der Waals surface area (Å²) in [5.74, 6) is -0.271. The maximum Gasteiger partial charge on any atom is 0.254 e. The van der Waals surface area contributed by atoms with Crippen molar-refractivity contribution in [1.29, 1.82) is 0 Å². The number of rotatable bonds is 6. The molecule has 2 atom stereocenters. The first-order valence-corrected chi connectivity index (χ1v) is 10.0. The Morgan fingerprint density at radius 3 is 2.68 bits per heavy atom. The van der Waals surface area contributed by atoms with Crippen molar-refractivity contribution in [3.8, 4) is 11.6 Å². The van der Waals surface area contributed by atoms with Crippen LogP contribution in [0.1, 0.15) is 22.0 Å². The summed E-state index contributed by atoms with van der Waals surface area (Å²) >= 11 is 0. The number of hydrogen-bond donors (Lipinski definition) is 0. The van der Waals surface area contributed by atoms with E-state index in [1.54, 1.807) is 23.2 Å². The van der Waals surface area contributed by atoms with E-state index in [2.05, 4.69) is 4.98 Å². The van der Waals surface area contributed by atoms with Crippen molar-refractivity contribution in [2.24, 2.45) is 0 Å². The SMILES string of the molecule is COc1ccc(C(=O)N2CCO[C@@H](COc3ccccn3)[C@@H]2c2ccccc2)cc1F. The number of carbonyl (C=O) groups excluding carboxylic acids is 1. The Balaban J connectivity index is 1.62. The molecule has 2 heterocycles. The predicted octanol–water partition coefficient (Wildman–Crippen LogP) is 3.89. The molecule has 0 bridgehead atoms. The van der Waals surface area contributed by atoms with Crippen LogP contribution in [-0.4, -0.2) is 48.8 Å². The van der Waals surface area contributed by atoms with Crippen molar-refractivity contribution in [3.05, 3.63) is 89.9 Å². The van der Waals surface area contributed by atoms with Crippen LogP contribution in [0.3, 0.4) is 0 Å². The van der Waals surface area contributed by atoms with E-state index in [0.29, 0.717) is 19.0 Å². The molecule has 6 nitrogen and oxygen atoms in total. The van der Waals surface area contributed by atoms with Crippen molar-refractivity contribution < 1.29 is 23.4 Å². The molecule has 7 heteroatoms. The summed E-state index contributed by atoms with van der Waals surface area (Å²) in [4.78, 5) is 19.3. The number of halogens is 1. The largest absolute Gasteiger partial charge is 0.494 e. The van der Waals surface area contributed by atoms with E-state index in [0.717, 1.165) is 5.56 Å². The monoisotopic (exact) mass is 422 g/mol. The molecule has 0 radical (unpaired) electrons. The summed E-state index contributed by atoms with van der Waals surface area (Å²) < 4.78 is 31.0. The van der Waals surface area contributed by atoms with Gasteiger partial charge in [-0.25, -0.2) is 9.37 Å². The van der Waals surface area contributed by atoms with E-state index in [1.807, 2.05) is 42.5 Å². The predicted molar refractivity (Wildman–Crippen MR) is 113 cm³/mol. The second kappa shape index (κ2) is 9.57. The Bertz CT molecular complexity index is 1020. The zero-order valence-electron chi connectivity index (χ0n) is 17.1. The minimum atomic E-state index is -0.576. The average molecular weight is 422 g/mol. The topological polar surface area (TPSA) is 60.9 Å². The van der Waals surface area contributed by atoms with Crippen LogP contribution in [0.4, 0.5) is 4.39 Å². The van der Waals surface area contributed by atoms with Crippen molar-refractivity contribution in [2.75, 3.05) is 26.9 Å². The smallest absolute Gasteiger partial charge is 0.254 e. The van der Waals surface area contributed by atoms with Crippen LogP contribution in [-0.2, 0) is 4.74 Å². The van der Waals surface area contributed by atoms with E-state index in [1.165, 1.54) is 19.2 Å². The van der Waals surface area contributed by atoms with Gasteiger partial charge in [-0.3, -0.25) is 4.79 Å². The fourth-order valence-electron chi connectivity index (χ4n) is 3.71. The molecule has 1 aliphatic heterocycles. The highest BCUT2D eigenvalue weighted by Gasteiger charge is 2.37. The van der Waals surface area contributed by atoms with Crippen LogP contribution in [0, 0.1) is 5.82 Å². The van der Waals surface area contributed by atoms with Gasteiger partial charge in [-0.15, -0.1) is 0 Å². The van der Waals surface area contributed by atoms with Gasteiger partial charge < -0.3 is 19.1 Å². The molecule has 1 saturated heterocycles. The molecule has 0 saturated carbocycles. The first-order valence-electron chi connectivity index (χ1n) is 10.0. The van der Waals surface area contributed by atoms with E-state index in [-0.39, 0.29) is 23.8 Å². The number of aromatic nitrogens is 1. The van der Waals surface area contributed by atoms with Crippen LogP contribution < -0.4 is 9.47 Å². The van der Waals surface area contributed by atoms with Crippen LogP contribution in [0.2, 0.25) is 0 Å². The Morgan fingerprint density at radius 2 is 1.97 bits per heavy atom. The highest BCUT2D eigenvalue weighted by atomic mass is 19.1. The van der Waals surface area contributed by atoms with E-state index in [4.69, 9.17) is 14.2 Å². The molecule has 1 fully saturated rings. The lowest BCUT2D eigenvalue weighted by Crippen LogP contribution is -2.50. The molecule has 0 unspecified atom stereocenters. The van der Waals surface area contributed by atoms with Crippen molar-refractivity contribution in [3.63, 3.8) is 0 Å². The number of benzene rings is 2. The number of ether oxygens (including phenoxy) is 3. The number of methoxy groups -OCH3 is 1. The number of nitrogens with zero attached hydrogens (tertiary/aromatic N) is 2. The van der Waals surface area contributed by atoms with Gasteiger partial charge in [0.25, 0.3) is 5.91 Å². The average Bonchev–Trinajstić information content (AvgIpc) is 2.83. The molecule has 160 valence electrons. The molecule has 0 spiro atoms. The molecule has 31 heavy (non-hydrogen) atoms. The van der Waals surface area contributed by atoms with Gasteiger partial charge in [-0.05, 0) is 29.8 Å². The third-order valence-electron chi connectivity index (χ3n) is 5.19. The Hall–Kier alpha value is -3.45. The minimum Gasteiger partial charge on any atom is -0.494 e. The summed E-state index contributed by atoms with van der Waals surface area (Å²) in [6.07, 6.45) is 1.24. The maximum atomic E-state index is 14.2. The molecule has 4 rings (SSSR count). The molecule has 0 N–H and O–H groups in total. The lowest BCUT2D eigenvalue weighted by atomic mass is 9.97. The van der Waals surface area contributed by atoms with Gasteiger partial charge in [0.1, 0.15) is 12.7 Å². The summed E-state index contributed by atoms with van der Waals surface area (Å²) in [6, 6.07) is 18.9. The number of morpholine rings is 1. The van der Waals surface area contributed by atoms with Crippen LogP contribution in [0.15, 0.2) is 72.9 Å². The van der Waals surface area contributed by atoms with E-state index in [9.17, 15) is 9.18 Å². The van der Waals surface area contributed by atoms with Gasteiger partial charge in [-0.2, -0.15) is 0 Å². The highest BCUT2D eigenvalue weighted by molar-refractivity contribution is 5.94. The summed E-state index contributed by atoms with van der Waals surface area (Å²) in [5, 5.41) is 0. The van der Waals surface area contributed by atoms with Crippen LogP contribution in [0.5, 0.6) is 11.6 Å². The summed E-state index contributed by atoms with van der Waals surface area (Å²) in [6.45, 7) is 0.952. The Kier molecular flexibility index (Phi) is 6.43. The van der Waals surface area contributed by atoms with Crippen molar-refractivity contribution in [2.45, 2.75) is 12.1 Å². The minimum absolute atomic E-state index is 0.0970. The van der Waals surface area contributed by atoms with Crippen molar-refractivity contribution >= 4 is 5.91 Å². The first-order chi connectivity index (χ1) is 15.2. The molecular weight excluding hydrogens is 399 g/mol. The quantitative estimate of drug-likeness (QED) is 0.603. The van der Waals surface area contributed by atoms with Gasteiger partial charge in [0, 0.05) is 24.4 Å². The number of carbonyl (C=O) groups is 1. The zero-order chi connectivity index (χ0) is 21.6. The normalized spacial score (nSPS) is 18.5. The fourth-order valence-corrected chi connectivity index (χ4v) is 3.71. The molecular formula is C24H23FN2O4. The van der Waals surface area contributed by atoms with Gasteiger partial charge >= 0.3 is 0 Å². The molecule has 0 aliphatic carbocycles. The number of hydrogen-bond acceptors (Lipinski definition) is 5. The third-order valence-corrected chi connectivity index (χ3v) is 5.19. The standard InChI is InChI=1S/C24H23FN2O4/c1-29-20-11-10-18(15-19(20)25)24(28)27-13-14-30-21(16-31-22-9-5-6-12-26-22)23(27)17-7-3-2-4-8-17/h2-12,15,21,23H,13-14,16H2,1H3/t21-,23-/m0/s1. The van der Waals surface area contributed by atoms with Crippen LogP contribution >= 0.6 is 0 Å². The summed E-state index contributed by atoms with van der Waals surface area (Å²) in [5.41, 5.74) is 1.17. The molecule has 3 aromatic rings. The lowest BCUT2D eigenvalue weighted by Gasteiger charge is -2.41. The number of pyridine rings is 1. The third kappa shape index (κ3) is 4.67. The Labute approximate surface area is 180 Å². The van der Waals surface area contributed by atoms with Gasteiger partial charge in [0.15, 0.2) is 11.6 Å².